The fourth-order valence-electron chi connectivity index (χ4n) is 3.28. The number of aromatic nitrogens is 2. The average Bonchev–Trinajstić information content (AvgIpc) is 3.21. The molecule has 0 bridgehead atoms. The molecule has 27 heavy (non-hydrogen) atoms. The molecule has 0 aliphatic carbocycles. The van der Waals surface area contributed by atoms with Crippen molar-refractivity contribution in [1.82, 2.24) is 9.97 Å². The van der Waals surface area contributed by atoms with Crippen LogP contribution in [-0.4, -0.2) is 60.6 Å². The summed E-state index contributed by atoms with van der Waals surface area (Å²) in [6.45, 7) is 4.10. The number of aliphatic hydroxyl groups excluding tert-OH is 1. The standard InChI is InChI=1S/C20H26N4O3/c25-16-12-24(13-16)20-22-18(15-7-10-26-14-15)11-19(23-20)21-8-4-9-27-17-5-2-1-3-6-17/h1-3,5-6,11,15-16,25H,4,7-10,12-14H2,(H,21,22,23)/t15-/m1/s1. The molecule has 0 unspecified atom stereocenters. The van der Waals surface area contributed by atoms with Gasteiger partial charge in [0.05, 0.1) is 25.0 Å². The van der Waals surface area contributed by atoms with E-state index < -0.39 is 0 Å². The van der Waals surface area contributed by atoms with E-state index in [1.54, 1.807) is 0 Å². The Balaban J connectivity index is 1.34. The maximum atomic E-state index is 9.58. The first-order valence-corrected chi connectivity index (χ1v) is 9.59. The highest BCUT2D eigenvalue weighted by Crippen LogP contribution is 2.28. The van der Waals surface area contributed by atoms with Crippen LogP contribution in [0.25, 0.3) is 0 Å². The molecule has 0 saturated carbocycles. The molecule has 7 nitrogen and oxygen atoms in total. The first-order valence-electron chi connectivity index (χ1n) is 9.59. The lowest BCUT2D eigenvalue weighted by atomic mass is 10.0. The average molecular weight is 370 g/mol. The quantitative estimate of drug-likeness (QED) is 0.689. The lowest BCUT2D eigenvalue weighted by molar-refractivity contribution is 0.140. The zero-order valence-electron chi connectivity index (χ0n) is 15.4. The lowest BCUT2D eigenvalue weighted by Gasteiger charge is -2.36. The van der Waals surface area contributed by atoms with Gasteiger partial charge in [-0.2, -0.15) is 4.98 Å². The van der Waals surface area contributed by atoms with Gasteiger partial charge in [0.2, 0.25) is 5.95 Å². The molecular formula is C20H26N4O3. The summed E-state index contributed by atoms with van der Waals surface area (Å²) in [4.78, 5) is 11.4. The Morgan fingerprint density at radius 1 is 1.22 bits per heavy atom. The topological polar surface area (TPSA) is 79.7 Å². The van der Waals surface area contributed by atoms with Gasteiger partial charge in [-0.05, 0) is 25.0 Å². The van der Waals surface area contributed by atoms with Crippen molar-refractivity contribution in [1.29, 1.82) is 0 Å². The summed E-state index contributed by atoms with van der Waals surface area (Å²) < 4.78 is 11.2. The largest absolute Gasteiger partial charge is 0.494 e. The van der Waals surface area contributed by atoms with E-state index >= 15 is 0 Å². The van der Waals surface area contributed by atoms with Crippen LogP contribution in [0.1, 0.15) is 24.5 Å². The highest BCUT2D eigenvalue weighted by Gasteiger charge is 2.28. The summed E-state index contributed by atoms with van der Waals surface area (Å²) >= 11 is 0. The molecule has 1 aromatic carbocycles. The minimum Gasteiger partial charge on any atom is -0.494 e. The van der Waals surface area contributed by atoms with Crippen molar-refractivity contribution >= 4 is 11.8 Å². The minimum absolute atomic E-state index is 0.279. The van der Waals surface area contributed by atoms with Gasteiger partial charge in [0.25, 0.3) is 0 Å². The van der Waals surface area contributed by atoms with Gasteiger partial charge in [-0.15, -0.1) is 0 Å². The number of nitrogens with zero attached hydrogens (tertiary/aromatic N) is 3. The third kappa shape index (κ3) is 4.67. The molecule has 2 aliphatic heterocycles. The third-order valence-electron chi connectivity index (χ3n) is 4.87. The number of ether oxygens (including phenoxy) is 2. The number of para-hydroxylation sites is 1. The number of benzene rings is 1. The summed E-state index contributed by atoms with van der Waals surface area (Å²) in [5.74, 6) is 2.72. The molecule has 1 atom stereocenters. The Kier molecular flexibility index (Phi) is 5.69. The van der Waals surface area contributed by atoms with E-state index in [1.165, 1.54) is 0 Å². The van der Waals surface area contributed by atoms with E-state index in [4.69, 9.17) is 14.5 Å². The monoisotopic (exact) mass is 370 g/mol. The first-order chi connectivity index (χ1) is 13.3. The van der Waals surface area contributed by atoms with Crippen molar-refractivity contribution < 1.29 is 14.6 Å². The molecule has 2 aromatic rings. The summed E-state index contributed by atoms with van der Waals surface area (Å²) in [6, 6.07) is 11.9. The van der Waals surface area contributed by atoms with Crippen LogP contribution in [0, 0.1) is 0 Å². The van der Waals surface area contributed by atoms with Crippen molar-refractivity contribution in [3.05, 3.63) is 42.1 Å². The number of nitrogens with one attached hydrogen (secondary N) is 1. The van der Waals surface area contributed by atoms with Gasteiger partial charge >= 0.3 is 0 Å². The van der Waals surface area contributed by atoms with Gasteiger partial charge in [-0.1, -0.05) is 18.2 Å². The van der Waals surface area contributed by atoms with Crippen LogP contribution in [0.5, 0.6) is 5.75 Å². The zero-order valence-corrected chi connectivity index (χ0v) is 15.4. The molecule has 2 N–H and O–H groups in total. The highest BCUT2D eigenvalue weighted by molar-refractivity contribution is 5.46. The van der Waals surface area contributed by atoms with Crippen LogP contribution < -0.4 is 15.0 Å². The number of rotatable bonds is 8. The SMILES string of the molecule is OC1CN(c2nc(NCCCOc3ccccc3)cc([C@@H]3CCOC3)n2)C1. The van der Waals surface area contributed by atoms with Crippen molar-refractivity contribution in [3.8, 4) is 5.75 Å². The molecule has 2 fully saturated rings. The molecule has 1 aromatic heterocycles. The second-order valence-electron chi connectivity index (χ2n) is 7.04. The molecule has 2 aliphatic rings. The van der Waals surface area contributed by atoms with Gasteiger partial charge in [0, 0.05) is 38.2 Å². The Labute approximate surface area is 159 Å². The summed E-state index contributed by atoms with van der Waals surface area (Å²) in [5, 5.41) is 13.0. The van der Waals surface area contributed by atoms with Gasteiger partial charge in [-0.3, -0.25) is 0 Å². The van der Waals surface area contributed by atoms with Crippen LogP contribution in [0.4, 0.5) is 11.8 Å². The Morgan fingerprint density at radius 3 is 2.81 bits per heavy atom. The molecular weight excluding hydrogens is 344 g/mol. The molecule has 0 radical (unpaired) electrons. The van der Waals surface area contributed by atoms with E-state index in [1.807, 2.05) is 41.3 Å². The number of β-amino-alcohol motifs (C(OH)–C–C–N with tert-alkyl or cyclic N) is 1. The van der Waals surface area contributed by atoms with E-state index in [2.05, 4.69) is 10.3 Å². The van der Waals surface area contributed by atoms with Crippen molar-refractivity contribution in [2.24, 2.45) is 0 Å². The van der Waals surface area contributed by atoms with Crippen LogP contribution in [-0.2, 0) is 4.74 Å². The molecule has 0 amide bonds. The van der Waals surface area contributed by atoms with Crippen molar-refractivity contribution in [3.63, 3.8) is 0 Å². The molecule has 2 saturated heterocycles. The summed E-state index contributed by atoms with van der Waals surface area (Å²) in [7, 11) is 0. The normalized spacial score (nSPS) is 19.7. The Hall–Kier alpha value is -2.38. The second-order valence-corrected chi connectivity index (χ2v) is 7.04. The zero-order chi connectivity index (χ0) is 18.5. The minimum atomic E-state index is -0.279. The number of anilines is 2. The third-order valence-corrected chi connectivity index (χ3v) is 4.87. The lowest BCUT2D eigenvalue weighted by Crippen LogP contribution is -2.51. The number of hydrogen-bond acceptors (Lipinski definition) is 7. The van der Waals surface area contributed by atoms with Gasteiger partial charge < -0.3 is 24.8 Å². The summed E-state index contributed by atoms with van der Waals surface area (Å²) in [5.41, 5.74) is 1.02. The fraction of sp³-hybridized carbons (Fsp3) is 0.500. The van der Waals surface area contributed by atoms with E-state index in [-0.39, 0.29) is 6.10 Å². The molecule has 144 valence electrons. The van der Waals surface area contributed by atoms with Crippen molar-refractivity contribution in [2.75, 3.05) is 49.7 Å². The van der Waals surface area contributed by atoms with Crippen LogP contribution in [0.15, 0.2) is 36.4 Å². The number of hydrogen-bond donors (Lipinski definition) is 2. The highest BCUT2D eigenvalue weighted by atomic mass is 16.5. The molecule has 3 heterocycles. The van der Waals surface area contributed by atoms with Gasteiger partial charge in [0.15, 0.2) is 0 Å². The van der Waals surface area contributed by atoms with Crippen molar-refractivity contribution in [2.45, 2.75) is 24.9 Å². The maximum absolute atomic E-state index is 9.58. The Morgan fingerprint density at radius 2 is 2.07 bits per heavy atom. The fourth-order valence-corrected chi connectivity index (χ4v) is 3.28. The smallest absolute Gasteiger partial charge is 0.227 e. The first kappa shape index (κ1) is 18.0. The van der Waals surface area contributed by atoms with E-state index in [0.29, 0.717) is 38.2 Å². The molecule has 7 heteroatoms. The van der Waals surface area contributed by atoms with Crippen LogP contribution >= 0.6 is 0 Å². The predicted octanol–water partition coefficient (Wildman–Crippen LogP) is 2.04. The molecule has 4 rings (SSSR count). The Bertz CT molecular complexity index is 731. The van der Waals surface area contributed by atoms with E-state index in [0.717, 1.165) is 43.3 Å². The summed E-state index contributed by atoms with van der Waals surface area (Å²) in [6.07, 6.45) is 1.58. The van der Waals surface area contributed by atoms with Gasteiger partial charge in [-0.25, -0.2) is 4.98 Å². The van der Waals surface area contributed by atoms with Crippen LogP contribution in [0.2, 0.25) is 0 Å². The second kappa shape index (κ2) is 8.54. The van der Waals surface area contributed by atoms with Crippen LogP contribution in [0.3, 0.4) is 0 Å². The number of aliphatic hydroxyl groups is 1. The predicted molar refractivity (Wildman–Crippen MR) is 103 cm³/mol. The van der Waals surface area contributed by atoms with Gasteiger partial charge in [0.1, 0.15) is 11.6 Å². The van der Waals surface area contributed by atoms with E-state index in [9.17, 15) is 5.11 Å². The molecule has 0 spiro atoms. The maximum Gasteiger partial charge on any atom is 0.227 e.